The van der Waals surface area contributed by atoms with Crippen LogP contribution < -0.4 is 5.73 Å². The zero-order valence-corrected chi connectivity index (χ0v) is 12.7. The molecular formula is C14H20FNO4S. The maximum Gasteiger partial charge on any atom is 0.315 e. The topological polar surface area (TPSA) is 97.5 Å². The first-order valence-electron chi connectivity index (χ1n) is 6.67. The average molecular weight is 317 g/mol. The Morgan fingerprint density at radius 2 is 2.10 bits per heavy atom. The monoisotopic (exact) mass is 317 g/mol. The molecule has 0 bridgehead atoms. The van der Waals surface area contributed by atoms with Gasteiger partial charge in [-0.05, 0) is 30.5 Å². The molecule has 0 radical (unpaired) electrons. The van der Waals surface area contributed by atoms with Gasteiger partial charge in [-0.1, -0.05) is 19.1 Å². The molecule has 0 aliphatic heterocycles. The molecule has 0 saturated heterocycles. The molecular weight excluding hydrogens is 297 g/mol. The third-order valence-corrected chi connectivity index (χ3v) is 5.42. The summed E-state index contributed by atoms with van der Waals surface area (Å²) in [6.45, 7) is 1.31. The lowest BCUT2D eigenvalue weighted by Crippen LogP contribution is -2.43. The lowest BCUT2D eigenvalue weighted by molar-refractivity contribution is -0.143. The smallest absolute Gasteiger partial charge is 0.315 e. The van der Waals surface area contributed by atoms with Crippen molar-refractivity contribution in [3.8, 4) is 0 Å². The van der Waals surface area contributed by atoms with Gasteiger partial charge in [0.1, 0.15) is 21.1 Å². The van der Waals surface area contributed by atoms with Crippen molar-refractivity contribution < 1.29 is 22.7 Å². The Hall–Kier alpha value is -1.47. The van der Waals surface area contributed by atoms with Crippen LogP contribution in [0.15, 0.2) is 24.3 Å². The minimum Gasteiger partial charge on any atom is -0.481 e. The van der Waals surface area contributed by atoms with Crippen LogP contribution in [0.2, 0.25) is 0 Å². The summed E-state index contributed by atoms with van der Waals surface area (Å²) in [6, 6.07) is 5.27. The summed E-state index contributed by atoms with van der Waals surface area (Å²) in [5.41, 5.74) is 4.41. The second kappa shape index (κ2) is 7.00. The predicted octanol–water partition coefficient (Wildman–Crippen LogP) is 1.32. The Kier molecular flexibility index (Phi) is 5.86. The van der Waals surface area contributed by atoms with E-state index in [0.29, 0.717) is 0 Å². The first kappa shape index (κ1) is 17.6. The molecule has 1 atom stereocenters. The van der Waals surface area contributed by atoms with Gasteiger partial charge in [-0.2, -0.15) is 0 Å². The highest BCUT2D eigenvalue weighted by molar-refractivity contribution is 7.91. The predicted molar refractivity (Wildman–Crippen MR) is 78.3 cm³/mol. The fraction of sp³-hybridized carbons (Fsp3) is 0.500. The van der Waals surface area contributed by atoms with E-state index in [1.54, 1.807) is 0 Å². The summed E-state index contributed by atoms with van der Waals surface area (Å²) in [4.78, 5) is 11.6. The number of nitrogens with two attached hydrogens (primary N) is 1. The Morgan fingerprint density at radius 3 is 2.57 bits per heavy atom. The van der Waals surface area contributed by atoms with E-state index in [1.165, 1.54) is 25.1 Å². The number of carboxylic acid groups (broad SMARTS) is 1. The Morgan fingerprint density at radius 1 is 1.43 bits per heavy atom. The fourth-order valence-electron chi connectivity index (χ4n) is 2.21. The molecule has 0 aliphatic rings. The lowest BCUT2D eigenvalue weighted by atomic mass is 9.77. The molecule has 0 aliphatic carbocycles. The number of halogens is 1. The molecule has 0 saturated carbocycles. The van der Waals surface area contributed by atoms with Gasteiger partial charge in [0.05, 0.1) is 5.75 Å². The van der Waals surface area contributed by atoms with Crippen LogP contribution in [0.25, 0.3) is 0 Å². The Labute approximate surface area is 123 Å². The molecule has 3 N–H and O–H groups in total. The summed E-state index contributed by atoms with van der Waals surface area (Å²) >= 11 is 0. The maximum atomic E-state index is 13.3. The van der Waals surface area contributed by atoms with Gasteiger partial charge in [-0.15, -0.1) is 0 Å². The molecule has 0 amide bonds. The van der Waals surface area contributed by atoms with Gasteiger partial charge in [-0.3, -0.25) is 4.79 Å². The molecule has 0 aromatic heterocycles. The van der Waals surface area contributed by atoms with Gasteiger partial charge in [-0.25, -0.2) is 12.8 Å². The van der Waals surface area contributed by atoms with Crippen LogP contribution in [-0.4, -0.2) is 37.5 Å². The molecule has 1 rings (SSSR count). The summed E-state index contributed by atoms with van der Waals surface area (Å²) < 4.78 is 36.3. The molecule has 21 heavy (non-hydrogen) atoms. The van der Waals surface area contributed by atoms with E-state index in [0.717, 1.165) is 6.07 Å². The number of carboxylic acids is 1. The number of sulfone groups is 1. The van der Waals surface area contributed by atoms with E-state index in [2.05, 4.69) is 0 Å². The second-order valence-electron chi connectivity index (χ2n) is 4.94. The minimum atomic E-state index is -3.17. The molecule has 5 nitrogen and oxygen atoms in total. The van der Waals surface area contributed by atoms with Gasteiger partial charge >= 0.3 is 5.97 Å². The standard InChI is InChI=1S/C14H20FNO4S/c1-2-21(19,20)8-4-7-14(10-16,13(17)18)11-5-3-6-12(15)9-11/h3,5-6,9H,2,4,7-8,10,16H2,1H3,(H,17,18). The molecule has 7 heteroatoms. The minimum absolute atomic E-state index is 0.00958. The number of hydrogen-bond donors (Lipinski definition) is 2. The normalized spacial score (nSPS) is 14.6. The lowest BCUT2D eigenvalue weighted by Gasteiger charge is -2.28. The fourth-order valence-corrected chi connectivity index (χ4v) is 3.08. The third kappa shape index (κ3) is 4.25. The first-order chi connectivity index (χ1) is 9.77. The Bertz CT molecular complexity index is 603. The van der Waals surface area contributed by atoms with E-state index in [1.807, 2.05) is 0 Å². The van der Waals surface area contributed by atoms with Crippen molar-refractivity contribution in [2.24, 2.45) is 5.73 Å². The van der Waals surface area contributed by atoms with Crippen molar-refractivity contribution >= 4 is 15.8 Å². The summed E-state index contributed by atoms with van der Waals surface area (Å²) in [5, 5.41) is 9.50. The molecule has 1 aromatic carbocycles. The van der Waals surface area contributed by atoms with Gasteiger partial charge in [0.15, 0.2) is 0 Å². The molecule has 118 valence electrons. The van der Waals surface area contributed by atoms with Crippen molar-refractivity contribution in [2.75, 3.05) is 18.1 Å². The highest BCUT2D eigenvalue weighted by Crippen LogP contribution is 2.30. The van der Waals surface area contributed by atoms with Crippen molar-refractivity contribution in [3.05, 3.63) is 35.6 Å². The van der Waals surface area contributed by atoms with Crippen molar-refractivity contribution in [1.82, 2.24) is 0 Å². The van der Waals surface area contributed by atoms with E-state index in [9.17, 15) is 22.7 Å². The van der Waals surface area contributed by atoms with Crippen LogP contribution in [0, 0.1) is 5.82 Å². The zero-order chi connectivity index (χ0) is 16.1. The first-order valence-corrected chi connectivity index (χ1v) is 8.49. The van der Waals surface area contributed by atoms with E-state index in [4.69, 9.17) is 5.73 Å². The molecule has 0 spiro atoms. The average Bonchev–Trinajstić information content (AvgIpc) is 2.43. The van der Waals surface area contributed by atoms with Crippen molar-refractivity contribution in [3.63, 3.8) is 0 Å². The van der Waals surface area contributed by atoms with Crippen LogP contribution in [0.3, 0.4) is 0 Å². The molecule has 0 fully saturated rings. The van der Waals surface area contributed by atoms with Crippen molar-refractivity contribution in [1.29, 1.82) is 0 Å². The van der Waals surface area contributed by atoms with Gasteiger partial charge in [0.2, 0.25) is 0 Å². The number of hydrogen-bond acceptors (Lipinski definition) is 4. The molecule has 0 heterocycles. The highest BCUT2D eigenvalue weighted by Gasteiger charge is 2.39. The molecule has 1 unspecified atom stereocenters. The Balaban J connectivity index is 3.03. The summed E-state index contributed by atoms with van der Waals surface area (Å²) in [6.07, 6.45) is 0.206. The van der Waals surface area contributed by atoms with Gasteiger partial charge in [0.25, 0.3) is 0 Å². The molecule has 1 aromatic rings. The van der Waals surface area contributed by atoms with Gasteiger partial charge in [0, 0.05) is 12.3 Å². The van der Waals surface area contributed by atoms with Crippen molar-refractivity contribution in [2.45, 2.75) is 25.2 Å². The maximum absolute atomic E-state index is 13.3. The number of rotatable bonds is 8. The van der Waals surface area contributed by atoms with Crippen LogP contribution in [0.1, 0.15) is 25.3 Å². The summed E-state index contributed by atoms with van der Waals surface area (Å²) in [5.74, 6) is -1.82. The van der Waals surface area contributed by atoms with Crippen LogP contribution in [-0.2, 0) is 20.0 Å². The quantitative estimate of drug-likeness (QED) is 0.753. The second-order valence-corrected chi connectivity index (χ2v) is 7.41. The van der Waals surface area contributed by atoms with E-state index < -0.39 is 27.0 Å². The van der Waals surface area contributed by atoms with Crippen LogP contribution in [0.4, 0.5) is 4.39 Å². The zero-order valence-electron chi connectivity index (χ0n) is 11.9. The number of benzene rings is 1. The van der Waals surface area contributed by atoms with Crippen LogP contribution in [0.5, 0.6) is 0 Å². The van der Waals surface area contributed by atoms with E-state index >= 15 is 0 Å². The number of carbonyl (C=O) groups is 1. The summed E-state index contributed by atoms with van der Waals surface area (Å²) in [7, 11) is -3.17. The number of aliphatic carboxylic acids is 1. The SMILES string of the molecule is CCS(=O)(=O)CCCC(CN)(C(=O)O)c1cccc(F)c1. The third-order valence-electron chi connectivity index (χ3n) is 3.63. The largest absolute Gasteiger partial charge is 0.481 e. The van der Waals surface area contributed by atoms with Crippen LogP contribution >= 0.6 is 0 Å². The highest BCUT2D eigenvalue weighted by atomic mass is 32.2. The van der Waals surface area contributed by atoms with Gasteiger partial charge < -0.3 is 10.8 Å². The van der Waals surface area contributed by atoms with E-state index in [-0.39, 0.29) is 36.5 Å².